The summed E-state index contributed by atoms with van der Waals surface area (Å²) in [5.41, 5.74) is -0.947. The van der Waals surface area contributed by atoms with Gasteiger partial charge in [0, 0.05) is 17.3 Å². The predicted molar refractivity (Wildman–Crippen MR) is 105 cm³/mol. The van der Waals surface area contributed by atoms with Crippen molar-refractivity contribution in [3.63, 3.8) is 0 Å². The van der Waals surface area contributed by atoms with Crippen LogP contribution in [0, 0.1) is 0 Å². The first-order valence-corrected chi connectivity index (χ1v) is 10.8. The van der Waals surface area contributed by atoms with Gasteiger partial charge in [-0.15, -0.1) is 11.3 Å². The molecule has 0 aromatic carbocycles. The Bertz CT molecular complexity index is 685. The first-order valence-electron chi connectivity index (χ1n) is 9.88. The summed E-state index contributed by atoms with van der Waals surface area (Å²) in [6.45, 7) is 4.17. The largest absolute Gasteiger partial charge is 0.351 e. The molecule has 0 unspecified atom stereocenters. The third-order valence-electron chi connectivity index (χ3n) is 5.92. The molecule has 148 valence electrons. The van der Waals surface area contributed by atoms with E-state index in [1.807, 2.05) is 31.4 Å². The van der Waals surface area contributed by atoms with Gasteiger partial charge in [0.2, 0.25) is 17.7 Å². The summed E-state index contributed by atoms with van der Waals surface area (Å²) in [5.74, 6) is -0.357. The fraction of sp³-hybridized carbons (Fsp3) is 0.650. The Hall–Kier alpha value is -1.89. The van der Waals surface area contributed by atoms with Crippen molar-refractivity contribution in [1.29, 1.82) is 0 Å². The molecular formula is C20H29N3O3S. The molecule has 0 bridgehead atoms. The first-order chi connectivity index (χ1) is 12.9. The molecule has 3 amide bonds. The molecule has 3 rings (SSSR count). The quantitative estimate of drug-likeness (QED) is 0.750. The molecule has 6 nitrogen and oxygen atoms in total. The number of hydrogen-bond donors (Lipinski definition) is 2. The highest BCUT2D eigenvalue weighted by Gasteiger charge is 2.44. The van der Waals surface area contributed by atoms with Gasteiger partial charge in [0.05, 0.1) is 6.54 Å². The van der Waals surface area contributed by atoms with Gasteiger partial charge in [-0.25, -0.2) is 0 Å². The number of amides is 3. The van der Waals surface area contributed by atoms with Crippen molar-refractivity contribution in [1.82, 2.24) is 15.5 Å². The van der Waals surface area contributed by atoms with Crippen molar-refractivity contribution in [2.24, 2.45) is 0 Å². The minimum absolute atomic E-state index is 0.0915. The van der Waals surface area contributed by atoms with E-state index in [1.54, 1.807) is 16.2 Å². The third kappa shape index (κ3) is 4.34. The minimum Gasteiger partial charge on any atom is -0.351 e. The lowest BCUT2D eigenvalue weighted by molar-refractivity contribution is -0.150. The van der Waals surface area contributed by atoms with E-state index in [2.05, 4.69) is 10.6 Å². The molecule has 2 atom stereocenters. The van der Waals surface area contributed by atoms with Crippen molar-refractivity contribution in [3.8, 4) is 0 Å². The summed E-state index contributed by atoms with van der Waals surface area (Å²) in [6.07, 6.45) is 5.65. The van der Waals surface area contributed by atoms with E-state index in [4.69, 9.17) is 0 Å². The molecule has 7 heteroatoms. The van der Waals surface area contributed by atoms with Crippen molar-refractivity contribution in [3.05, 3.63) is 22.4 Å². The Balaban J connectivity index is 1.84. The Morgan fingerprint density at radius 3 is 2.63 bits per heavy atom. The number of thiophene rings is 1. The SMILES string of the molecule is CC[C@@](C)(C(=O)NC1CCCC1)N(Cc1cccs1)C(=O)[C@@H]1CCC(=O)N1. The van der Waals surface area contributed by atoms with E-state index in [9.17, 15) is 14.4 Å². The van der Waals surface area contributed by atoms with Crippen LogP contribution < -0.4 is 10.6 Å². The Morgan fingerprint density at radius 1 is 1.33 bits per heavy atom. The summed E-state index contributed by atoms with van der Waals surface area (Å²) in [6, 6.07) is 3.58. The van der Waals surface area contributed by atoms with Gasteiger partial charge < -0.3 is 15.5 Å². The summed E-state index contributed by atoms with van der Waals surface area (Å²) in [7, 11) is 0. The van der Waals surface area contributed by atoms with Gasteiger partial charge >= 0.3 is 0 Å². The second-order valence-corrected chi connectivity index (χ2v) is 8.78. The van der Waals surface area contributed by atoms with Gasteiger partial charge in [0.25, 0.3) is 0 Å². The van der Waals surface area contributed by atoms with E-state index in [0.717, 1.165) is 30.6 Å². The first kappa shape index (κ1) is 19.9. The zero-order valence-electron chi connectivity index (χ0n) is 16.1. The zero-order valence-corrected chi connectivity index (χ0v) is 16.9. The van der Waals surface area contributed by atoms with Crippen molar-refractivity contribution < 1.29 is 14.4 Å². The van der Waals surface area contributed by atoms with Crippen LogP contribution in [0.15, 0.2) is 17.5 Å². The Labute approximate surface area is 164 Å². The lowest BCUT2D eigenvalue weighted by atomic mass is 9.92. The molecule has 1 aliphatic carbocycles. The average molecular weight is 392 g/mol. The molecule has 2 N–H and O–H groups in total. The Morgan fingerprint density at radius 2 is 2.07 bits per heavy atom. The van der Waals surface area contributed by atoms with Gasteiger partial charge in [-0.2, -0.15) is 0 Å². The smallest absolute Gasteiger partial charge is 0.246 e. The lowest BCUT2D eigenvalue weighted by Crippen LogP contribution is -2.62. The second-order valence-electron chi connectivity index (χ2n) is 7.74. The van der Waals surface area contributed by atoms with Crippen LogP contribution >= 0.6 is 11.3 Å². The van der Waals surface area contributed by atoms with Crippen molar-refractivity contribution >= 4 is 29.1 Å². The summed E-state index contributed by atoms with van der Waals surface area (Å²) < 4.78 is 0. The normalized spacial score (nSPS) is 22.3. The van der Waals surface area contributed by atoms with Crippen molar-refractivity contribution in [2.75, 3.05) is 0 Å². The lowest BCUT2D eigenvalue weighted by Gasteiger charge is -2.41. The highest BCUT2D eigenvalue weighted by atomic mass is 32.1. The van der Waals surface area contributed by atoms with Crippen LogP contribution in [-0.2, 0) is 20.9 Å². The molecular weight excluding hydrogens is 362 g/mol. The third-order valence-corrected chi connectivity index (χ3v) is 6.78. The summed E-state index contributed by atoms with van der Waals surface area (Å²) >= 11 is 1.57. The molecule has 27 heavy (non-hydrogen) atoms. The van der Waals surface area contributed by atoms with Crippen LogP contribution in [0.5, 0.6) is 0 Å². The number of hydrogen-bond acceptors (Lipinski definition) is 4. The molecule has 1 saturated carbocycles. The van der Waals surface area contributed by atoms with Gasteiger partial charge in [-0.05, 0) is 44.1 Å². The highest BCUT2D eigenvalue weighted by molar-refractivity contribution is 7.09. The zero-order chi connectivity index (χ0) is 19.4. The molecule has 2 fully saturated rings. The summed E-state index contributed by atoms with van der Waals surface area (Å²) in [5, 5.41) is 7.90. The van der Waals surface area contributed by atoms with E-state index in [0.29, 0.717) is 25.8 Å². The molecule has 1 aromatic rings. The van der Waals surface area contributed by atoms with Crippen LogP contribution in [0.4, 0.5) is 0 Å². The standard InChI is InChI=1S/C20H29N3O3S/c1-3-20(2,19(26)21-14-7-4-5-8-14)23(13-15-9-6-12-27-15)18(25)16-10-11-17(24)22-16/h6,9,12,14,16H,3-5,7-8,10-11,13H2,1-2H3,(H,21,26)(H,22,24)/t16-,20-/m0/s1. The molecule has 0 radical (unpaired) electrons. The highest BCUT2D eigenvalue weighted by Crippen LogP contribution is 2.28. The Kier molecular flexibility index (Phi) is 6.19. The molecule has 1 aliphatic heterocycles. The van der Waals surface area contributed by atoms with Crippen LogP contribution in [0.1, 0.15) is 63.7 Å². The van der Waals surface area contributed by atoms with E-state index in [1.165, 1.54) is 0 Å². The number of carbonyl (C=O) groups excluding carboxylic acids is 3. The van der Waals surface area contributed by atoms with Crippen LogP contribution in [0.2, 0.25) is 0 Å². The molecule has 1 saturated heterocycles. The van der Waals surface area contributed by atoms with Gasteiger partial charge in [-0.3, -0.25) is 14.4 Å². The number of rotatable bonds is 7. The maximum Gasteiger partial charge on any atom is 0.246 e. The van der Waals surface area contributed by atoms with Gasteiger partial charge in [-0.1, -0.05) is 25.8 Å². The van der Waals surface area contributed by atoms with E-state index >= 15 is 0 Å². The predicted octanol–water partition coefficient (Wildman–Crippen LogP) is 2.58. The molecule has 0 spiro atoms. The maximum atomic E-state index is 13.3. The topological polar surface area (TPSA) is 78.5 Å². The monoisotopic (exact) mass is 391 g/mol. The van der Waals surface area contributed by atoms with E-state index < -0.39 is 11.6 Å². The molecule has 2 aliphatic rings. The summed E-state index contributed by atoms with van der Waals surface area (Å²) in [4.78, 5) is 40.8. The average Bonchev–Trinajstić information content (AvgIpc) is 3.41. The fourth-order valence-electron chi connectivity index (χ4n) is 3.93. The number of nitrogens with one attached hydrogen (secondary N) is 2. The fourth-order valence-corrected chi connectivity index (χ4v) is 4.62. The molecule has 1 aromatic heterocycles. The molecule has 2 heterocycles. The van der Waals surface area contributed by atoms with Crippen LogP contribution in [0.25, 0.3) is 0 Å². The minimum atomic E-state index is -0.947. The van der Waals surface area contributed by atoms with Gasteiger partial charge in [0.15, 0.2) is 0 Å². The van der Waals surface area contributed by atoms with Crippen LogP contribution in [0.3, 0.4) is 0 Å². The van der Waals surface area contributed by atoms with Gasteiger partial charge in [0.1, 0.15) is 11.6 Å². The second kappa shape index (κ2) is 8.42. The number of nitrogens with zero attached hydrogens (tertiary/aromatic N) is 1. The maximum absolute atomic E-state index is 13.3. The van der Waals surface area contributed by atoms with Crippen LogP contribution in [-0.4, -0.2) is 40.2 Å². The number of carbonyl (C=O) groups is 3. The van der Waals surface area contributed by atoms with Crippen molar-refractivity contribution in [2.45, 2.75) is 83.0 Å². The van der Waals surface area contributed by atoms with E-state index in [-0.39, 0.29) is 23.8 Å².